The van der Waals surface area contributed by atoms with E-state index in [1.165, 1.54) is 0 Å². The molecule has 166 valence electrons. The Labute approximate surface area is 189 Å². The summed E-state index contributed by atoms with van der Waals surface area (Å²) in [6.07, 6.45) is 5.56. The molecule has 0 bridgehead atoms. The minimum Gasteiger partial charge on any atom is -0.484 e. The molecule has 6 heteroatoms. The summed E-state index contributed by atoms with van der Waals surface area (Å²) in [5, 5.41) is 3.76. The molecule has 3 rings (SSSR count). The second-order valence-electron chi connectivity index (χ2n) is 7.98. The first-order chi connectivity index (χ1) is 15.1. The van der Waals surface area contributed by atoms with Crippen molar-refractivity contribution < 1.29 is 14.3 Å². The lowest BCUT2D eigenvalue weighted by molar-refractivity contribution is -0.142. The first-order valence-corrected chi connectivity index (χ1v) is 11.5. The third-order valence-corrected chi connectivity index (χ3v) is 6.00. The molecule has 0 heterocycles. The lowest BCUT2D eigenvalue weighted by Gasteiger charge is -2.31. The van der Waals surface area contributed by atoms with Crippen LogP contribution in [0.1, 0.15) is 44.6 Å². The predicted octanol–water partition coefficient (Wildman–Crippen LogP) is 4.63. The fourth-order valence-corrected chi connectivity index (χ4v) is 4.15. The summed E-state index contributed by atoms with van der Waals surface area (Å²) in [6.45, 7) is 2.29. The van der Waals surface area contributed by atoms with Gasteiger partial charge in [0.15, 0.2) is 6.61 Å². The Morgan fingerprint density at radius 2 is 1.77 bits per heavy atom. The fourth-order valence-electron chi connectivity index (χ4n) is 4.02. The van der Waals surface area contributed by atoms with Gasteiger partial charge in [-0.2, -0.15) is 0 Å². The van der Waals surface area contributed by atoms with Crippen LogP contribution in [-0.2, 0) is 16.0 Å². The first kappa shape index (κ1) is 23.1. The molecule has 1 atom stereocenters. The van der Waals surface area contributed by atoms with Gasteiger partial charge in [-0.05, 0) is 55.5 Å². The normalized spacial score (nSPS) is 14.8. The van der Waals surface area contributed by atoms with E-state index in [1.807, 2.05) is 37.3 Å². The largest absolute Gasteiger partial charge is 0.484 e. The molecule has 1 aliphatic rings. The lowest BCUT2D eigenvalue weighted by atomic mass is 10.1. The van der Waals surface area contributed by atoms with Gasteiger partial charge in [-0.3, -0.25) is 9.59 Å². The average molecular weight is 443 g/mol. The van der Waals surface area contributed by atoms with Crippen LogP contribution in [0.25, 0.3) is 0 Å². The highest BCUT2D eigenvalue weighted by Crippen LogP contribution is 2.19. The van der Waals surface area contributed by atoms with Crippen LogP contribution in [-0.4, -0.2) is 41.9 Å². The number of nitrogens with zero attached hydrogens (tertiary/aromatic N) is 1. The number of ether oxygens (including phenoxy) is 1. The summed E-state index contributed by atoms with van der Waals surface area (Å²) in [6, 6.07) is 16.6. The zero-order valence-electron chi connectivity index (χ0n) is 18.1. The van der Waals surface area contributed by atoms with Crippen molar-refractivity contribution in [2.75, 3.05) is 13.2 Å². The monoisotopic (exact) mass is 442 g/mol. The van der Waals surface area contributed by atoms with Crippen molar-refractivity contribution in [1.82, 2.24) is 10.2 Å². The van der Waals surface area contributed by atoms with Crippen LogP contribution in [0.3, 0.4) is 0 Å². The van der Waals surface area contributed by atoms with E-state index in [9.17, 15) is 9.59 Å². The molecule has 0 unspecified atom stereocenters. The Morgan fingerprint density at radius 3 is 2.42 bits per heavy atom. The van der Waals surface area contributed by atoms with Crippen molar-refractivity contribution in [3.63, 3.8) is 0 Å². The van der Waals surface area contributed by atoms with Crippen molar-refractivity contribution in [2.45, 2.75) is 57.5 Å². The SMILES string of the molecule is CC[C@@H](C(=O)NC1CCCC1)N(CCc1ccccc1)C(=O)COc1ccc(Cl)cc1. The van der Waals surface area contributed by atoms with E-state index in [2.05, 4.69) is 5.32 Å². The summed E-state index contributed by atoms with van der Waals surface area (Å²) in [4.78, 5) is 27.9. The van der Waals surface area contributed by atoms with Gasteiger partial charge in [0.2, 0.25) is 5.91 Å². The van der Waals surface area contributed by atoms with Gasteiger partial charge in [-0.25, -0.2) is 0 Å². The molecular formula is C25H31ClN2O3. The summed E-state index contributed by atoms with van der Waals surface area (Å²) < 4.78 is 5.68. The van der Waals surface area contributed by atoms with Gasteiger partial charge >= 0.3 is 0 Å². The van der Waals surface area contributed by atoms with E-state index in [-0.39, 0.29) is 24.5 Å². The highest BCUT2D eigenvalue weighted by atomic mass is 35.5. The number of hydrogen-bond donors (Lipinski definition) is 1. The third kappa shape index (κ3) is 7.00. The fraction of sp³-hybridized carbons (Fsp3) is 0.440. The third-order valence-electron chi connectivity index (χ3n) is 5.75. The zero-order chi connectivity index (χ0) is 22.1. The molecule has 5 nitrogen and oxygen atoms in total. The smallest absolute Gasteiger partial charge is 0.261 e. The van der Waals surface area contributed by atoms with E-state index >= 15 is 0 Å². The molecule has 0 aromatic heterocycles. The lowest BCUT2D eigenvalue weighted by Crippen LogP contribution is -2.52. The molecule has 1 fully saturated rings. The van der Waals surface area contributed by atoms with Crippen molar-refractivity contribution in [1.29, 1.82) is 0 Å². The van der Waals surface area contributed by atoms with Gasteiger partial charge in [-0.15, -0.1) is 0 Å². The Bertz CT molecular complexity index is 836. The zero-order valence-corrected chi connectivity index (χ0v) is 18.8. The highest BCUT2D eigenvalue weighted by molar-refractivity contribution is 6.30. The number of nitrogens with one attached hydrogen (secondary N) is 1. The molecule has 0 saturated heterocycles. The molecular weight excluding hydrogens is 412 g/mol. The number of benzene rings is 2. The molecule has 2 aromatic carbocycles. The molecule has 0 radical (unpaired) electrons. The summed E-state index contributed by atoms with van der Waals surface area (Å²) in [7, 11) is 0. The van der Waals surface area contributed by atoms with E-state index < -0.39 is 6.04 Å². The number of halogens is 1. The highest BCUT2D eigenvalue weighted by Gasteiger charge is 2.30. The van der Waals surface area contributed by atoms with E-state index in [0.717, 1.165) is 31.2 Å². The topological polar surface area (TPSA) is 58.6 Å². The molecule has 0 aliphatic heterocycles. The summed E-state index contributed by atoms with van der Waals surface area (Å²) in [5.74, 6) is 0.311. The number of carbonyl (C=O) groups is 2. The number of hydrogen-bond acceptors (Lipinski definition) is 3. The Hall–Kier alpha value is -2.53. The average Bonchev–Trinajstić information content (AvgIpc) is 3.29. The van der Waals surface area contributed by atoms with Crippen molar-refractivity contribution in [3.05, 3.63) is 65.2 Å². The number of carbonyl (C=O) groups excluding carboxylic acids is 2. The van der Waals surface area contributed by atoms with Gasteiger partial charge < -0.3 is 15.0 Å². The van der Waals surface area contributed by atoms with Gasteiger partial charge in [0.05, 0.1) is 0 Å². The molecule has 1 saturated carbocycles. The Morgan fingerprint density at radius 1 is 1.10 bits per heavy atom. The van der Waals surface area contributed by atoms with Gasteiger partial charge in [0, 0.05) is 17.6 Å². The molecule has 1 N–H and O–H groups in total. The summed E-state index contributed by atoms with van der Waals surface area (Å²) in [5.41, 5.74) is 1.13. The van der Waals surface area contributed by atoms with Crippen LogP contribution >= 0.6 is 11.6 Å². The summed E-state index contributed by atoms with van der Waals surface area (Å²) >= 11 is 5.91. The minimum atomic E-state index is -0.509. The molecule has 2 amide bonds. The van der Waals surface area contributed by atoms with Crippen molar-refractivity contribution >= 4 is 23.4 Å². The van der Waals surface area contributed by atoms with E-state index in [0.29, 0.717) is 30.2 Å². The molecule has 31 heavy (non-hydrogen) atoms. The van der Waals surface area contributed by atoms with E-state index in [4.69, 9.17) is 16.3 Å². The Kier molecular flexibility index (Phi) is 8.77. The van der Waals surface area contributed by atoms with Gasteiger partial charge in [0.25, 0.3) is 5.91 Å². The van der Waals surface area contributed by atoms with Crippen LogP contribution in [0.4, 0.5) is 0 Å². The number of amides is 2. The van der Waals surface area contributed by atoms with Crippen molar-refractivity contribution in [2.24, 2.45) is 0 Å². The minimum absolute atomic E-state index is 0.0673. The van der Waals surface area contributed by atoms with Crippen LogP contribution in [0, 0.1) is 0 Å². The molecule has 1 aliphatic carbocycles. The maximum Gasteiger partial charge on any atom is 0.261 e. The van der Waals surface area contributed by atoms with Crippen molar-refractivity contribution in [3.8, 4) is 5.75 Å². The standard InChI is InChI=1S/C25H31ClN2O3/c1-2-23(25(30)27-21-10-6-7-11-21)28(17-16-19-8-4-3-5-9-19)24(29)18-31-22-14-12-20(26)13-15-22/h3-5,8-9,12-15,21,23H,2,6-7,10-11,16-18H2,1H3,(H,27,30)/t23-/m0/s1. The number of rotatable bonds is 10. The first-order valence-electron chi connectivity index (χ1n) is 11.1. The quantitative estimate of drug-likeness (QED) is 0.583. The van der Waals surface area contributed by atoms with Crippen LogP contribution < -0.4 is 10.1 Å². The second-order valence-corrected chi connectivity index (χ2v) is 8.42. The van der Waals surface area contributed by atoms with Crippen LogP contribution in [0.15, 0.2) is 54.6 Å². The van der Waals surface area contributed by atoms with Gasteiger partial charge in [0.1, 0.15) is 11.8 Å². The maximum atomic E-state index is 13.1. The predicted molar refractivity (Wildman–Crippen MR) is 123 cm³/mol. The Balaban J connectivity index is 1.68. The second kappa shape index (κ2) is 11.8. The maximum absolute atomic E-state index is 13.1. The van der Waals surface area contributed by atoms with E-state index in [1.54, 1.807) is 29.2 Å². The van der Waals surface area contributed by atoms with Gasteiger partial charge in [-0.1, -0.05) is 61.7 Å². The van der Waals surface area contributed by atoms with Crippen LogP contribution in [0.2, 0.25) is 5.02 Å². The molecule has 0 spiro atoms. The molecule has 2 aromatic rings. The van der Waals surface area contributed by atoms with Crippen LogP contribution in [0.5, 0.6) is 5.75 Å².